The van der Waals surface area contributed by atoms with Crippen molar-refractivity contribution in [2.24, 2.45) is 23.7 Å². The molecule has 0 spiro atoms. The monoisotopic (exact) mass is 523 g/mol. The molecule has 0 N–H and O–H groups in total. The second kappa shape index (κ2) is 13.3. The minimum atomic E-state index is -0.258. The molecule has 2 aliphatic carbocycles. The van der Waals surface area contributed by atoms with Gasteiger partial charge < -0.3 is 19.3 Å². The molecule has 7 heteroatoms. The van der Waals surface area contributed by atoms with E-state index in [9.17, 15) is 9.59 Å². The Morgan fingerprint density at radius 1 is 1.05 bits per heavy atom. The Kier molecular flexibility index (Phi) is 9.89. The van der Waals surface area contributed by atoms with E-state index in [1.807, 2.05) is 44.3 Å². The predicted octanol–water partition coefficient (Wildman–Crippen LogP) is 4.95. The number of fused-ring (bicyclic) bond motifs is 2. The molecule has 1 amide bonds. The fourth-order valence-electron chi connectivity index (χ4n) is 6.19. The standard InChI is InChI=1S/C31H45N3O4/c1-5-37-30(35)12-14-33-15-17-34(18-16-33)28-20-26-19-27(21-28)29(24(3)23(26)2)11-13-32(4)31(36)38-22-25-9-7-6-8-10-25/h6-10,20-21,23-24,27,29H,5,11-19,22H2,1-4H3/t23?,24-,27?,29?/m1/s1. The lowest BCUT2D eigenvalue weighted by atomic mass is 9.62. The summed E-state index contributed by atoms with van der Waals surface area (Å²) in [6.07, 6.45) is 7.25. The number of nitrogens with zero attached hydrogens (tertiary/aromatic N) is 3. The molecule has 2 fully saturated rings. The molecule has 0 aromatic heterocycles. The summed E-state index contributed by atoms with van der Waals surface area (Å²) < 4.78 is 10.6. The van der Waals surface area contributed by atoms with E-state index >= 15 is 0 Å². The molecule has 1 heterocycles. The van der Waals surface area contributed by atoms with Crippen molar-refractivity contribution < 1.29 is 19.1 Å². The van der Waals surface area contributed by atoms with Crippen LogP contribution < -0.4 is 0 Å². The SMILES string of the molecule is CCOC(=O)CCN1CCN(C2=CC3CC(=C2)C(C)[C@@H](C)C3CCN(C)C(=O)OCc2ccccc2)CC1. The van der Waals surface area contributed by atoms with Gasteiger partial charge in [-0.25, -0.2) is 4.79 Å². The van der Waals surface area contributed by atoms with Crippen LogP contribution in [0.1, 0.15) is 45.6 Å². The van der Waals surface area contributed by atoms with Gasteiger partial charge in [-0.1, -0.05) is 55.8 Å². The van der Waals surface area contributed by atoms with Gasteiger partial charge in [0.25, 0.3) is 0 Å². The van der Waals surface area contributed by atoms with Gasteiger partial charge in [-0.15, -0.1) is 0 Å². The number of rotatable bonds is 10. The summed E-state index contributed by atoms with van der Waals surface area (Å²) >= 11 is 0. The average molecular weight is 524 g/mol. The van der Waals surface area contributed by atoms with Crippen LogP contribution in [0.4, 0.5) is 4.79 Å². The number of allylic oxidation sites excluding steroid dienone is 3. The number of hydrogen-bond acceptors (Lipinski definition) is 6. The highest BCUT2D eigenvalue weighted by Gasteiger charge is 2.39. The largest absolute Gasteiger partial charge is 0.466 e. The molecule has 4 rings (SSSR count). The molecular weight excluding hydrogens is 478 g/mol. The third-order valence-electron chi connectivity index (χ3n) is 8.78. The smallest absolute Gasteiger partial charge is 0.409 e. The zero-order valence-electron chi connectivity index (χ0n) is 23.6. The minimum Gasteiger partial charge on any atom is -0.466 e. The van der Waals surface area contributed by atoms with Gasteiger partial charge in [-0.05, 0) is 55.1 Å². The van der Waals surface area contributed by atoms with Gasteiger partial charge in [0.2, 0.25) is 0 Å². The number of hydrogen-bond donors (Lipinski definition) is 0. The van der Waals surface area contributed by atoms with E-state index in [0.29, 0.717) is 49.9 Å². The molecule has 7 nitrogen and oxygen atoms in total. The molecule has 2 bridgehead atoms. The number of benzene rings is 1. The Labute approximate surface area is 228 Å². The van der Waals surface area contributed by atoms with E-state index in [0.717, 1.165) is 51.1 Å². The van der Waals surface area contributed by atoms with Crippen molar-refractivity contribution in [3.05, 3.63) is 59.3 Å². The van der Waals surface area contributed by atoms with E-state index in [2.05, 4.69) is 35.8 Å². The van der Waals surface area contributed by atoms with Crippen LogP contribution in [0.2, 0.25) is 0 Å². The Morgan fingerprint density at radius 3 is 2.50 bits per heavy atom. The van der Waals surface area contributed by atoms with Crippen LogP contribution in [0.25, 0.3) is 0 Å². The molecule has 208 valence electrons. The summed E-state index contributed by atoms with van der Waals surface area (Å²) in [5.74, 6) is 2.05. The lowest BCUT2D eigenvalue weighted by Gasteiger charge is -2.46. The van der Waals surface area contributed by atoms with E-state index in [-0.39, 0.29) is 12.1 Å². The molecular formula is C31H45N3O4. The first-order valence-corrected chi connectivity index (χ1v) is 14.3. The van der Waals surface area contributed by atoms with Gasteiger partial charge >= 0.3 is 12.1 Å². The molecule has 38 heavy (non-hydrogen) atoms. The van der Waals surface area contributed by atoms with Crippen LogP contribution in [-0.4, -0.2) is 79.7 Å². The summed E-state index contributed by atoms with van der Waals surface area (Å²) in [7, 11) is 1.85. The maximum absolute atomic E-state index is 12.6. The zero-order chi connectivity index (χ0) is 27.1. The summed E-state index contributed by atoms with van der Waals surface area (Å²) in [6.45, 7) is 12.7. The topological polar surface area (TPSA) is 62.3 Å². The molecule has 3 unspecified atom stereocenters. The second-order valence-electron chi connectivity index (χ2n) is 11.1. The van der Waals surface area contributed by atoms with E-state index in [4.69, 9.17) is 9.47 Å². The number of carbonyl (C=O) groups is 2. The quantitative estimate of drug-likeness (QED) is 0.405. The molecule has 1 aliphatic heterocycles. The lowest BCUT2D eigenvalue weighted by molar-refractivity contribution is -0.143. The Morgan fingerprint density at radius 2 is 1.79 bits per heavy atom. The van der Waals surface area contributed by atoms with Crippen LogP contribution in [0, 0.1) is 23.7 Å². The van der Waals surface area contributed by atoms with Crippen LogP contribution in [0.3, 0.4) is 0 Å². The van der Waals surface area contributed by atoms with Gasteiger partial charge in [0.05, 0.1) is 13.0 Å². The van der Waals surface area contributed by atoms with Crippen molar-refractivity contribution in [3.63, 3.8) is 0 Å². The normalized spacial score (nSPS) is 25.3. The second-order valence-corrected chi connectivity index (χ2v) is 11.1. The van der Waals surface area contributed by atoms with Crippen LogP contribution >= 0.6 is 0 Å². The third-order valence-corrected chi connectivity index (χ3v) is 8.78. The predicted molar refractivity (Wildman–Crippen MR) is 149 cm³/mol. The number of piperazine rings is 1. The van der Waals surface area contributed by atoms with Crippen LogP contribution in [0.5, 0.6) is 0 Å². The molecule has 1 saturated heterocycles. The number of amides is 1. The lowest BCUT2D eigenvalue weighted by Crippen LogP contribution is -2.47. The Balaban J connectivity index is 1.29. The van der Waals surface area contributed by atoms with Crippen molar-refractivity contribution in [2.45, 2.75) is 46.6 Å². The van der Waals surface area contributed by atoms with Gasteiger partial charge in [0.1, 0.15) is 6.61 Å². The average Bonchev–Trinajstić information content (AvgIpc) is 2.94. The first-order valence-electron chi connectivity index (χ1n) is 14.3. The van der Waals surface area contributed by atoms with Crippen molar-refractivity contribution in [2.75, 3.05) is 52.9 Å². The maximum atomic E-state index is 12.6. The summed E-state index contributed by atoms with van der Waals surface area (Å²) in [5, 5.41) is 0. The first kappa shape index (κ1) is 28.2. The third kappa shape index (κ3) is 7.19. The number of ether oxygens (including phenoxy) is 2. The number of carbonyl (C=O) groups excluding carboxylic acids is 2. The molecule has 0 radical (unpaired) electrons. The Bertz CT molecular complexity index is 1000. The van der Waals surface area contributed by atoms with Gasteiger partial charge in [-0.3, -0.25) is 9.69 Å². The van der Waals surface area contributed by atoms with E-state index in [1.165, 1.54) is 5.70 Å². The molecule has 1 aromatic carbocycles. The maximum Gasteiger partial charge on any atom is 0.409 e. The highest BCUT2D eigenvalue weighted by molar-refractivity contribution is 5.69. The van der Waals surface area contributed by atoms with Gasteiger partial charge in [0, 0.05) is 52.0 Å². The molecule has 1 aromatic rings. The van der Waals surface area contributed by atoms with E-state index in [1.54, 1.807) is 10.5 Å². The molecule has 3 aliphatic rings. The summed E-state index contributed by atoms with van der Waals surface area (Å²) in [5.41, 5.74) is 3.93. The van der Waals surface area contributed by atoms with Crippen molar-refractivity contribution in [1.82, 2.24) is 14.7 Å². The summed E-state index contributed by atoms with van der Waals surface area (Å²) in [4.78, 5) is 30.9. The van der Waals surface area contributed by atoms with Gasteiger partial charge in [-0.2, -0.15) is 0 Å². The fraction of sp³-hybridized carbons (Fsp3) is 0.613. The van der Waals surface area contributed by atoms with Crippen molar-refractivity contribution in [1.29, 1.82) is 0 Å². The minimum absolute atomic E-state index is 0.105. The highest BCUT2D eigenvalue weighted by atomic mass is 16.6. The fourth-order valence-corrected chi connectivity index (χ4v) is 6.19. The Hall–Kier alpha value is -2.80. The van der Waals surface area contributed by atoms with Gasteiger partial charge in [0.15, 0.2) is 0 Å². The van der Waals surface area contributed by atoms with Crippen molar-refractivity contribution >= 4 is 12.1 Å². The van der Waals surface area contributed by atoms with Crippen LogP contribution in [0.15, 0.2) is 53.8 Å². The highest BCUT2D eigenvalue weighted by Crippen LogP contribution is 2.47. The van der Waals surface area contributed by atoms with Crippen LogP contribution in [-0.2, 0) is 20.9 Å². The molecule has 1 saturated carbocycles. The van der Waals surface area contributed by atoms with Crippen molar-refractivity contribution in [3.8, 4) is 0 Å². The molecule has 4 atom stereocenters. The zero-order valence-corrected chi connectivity index (χ0v) is 23.6. The number of esters is 1. The van der Waals surface area contributed by atoms with E-state index < -0.39 is 0 Å². The summed E-state index contributed by atoms with van der Waals surface area (Å²) in [6, 6.07) is 9.82. The first-order chi connectivity index (χ1) is 18.4.